The molecule has 4 aromatic rings. The van der Waals surface area contributed by atoms with E-state index >= 15 is 0 Å². The Balaban J connectivity index is 1.43. The molecule has 3 aromatic carbocycles. The highest BCUT2D eigenvalue weighted by molar-refractivity contribution is 6.30. The number of hydrogen-bond acceptors (Lipinski definition) is 3. The molecule has 34 heavy (non-hydrogen) atoms. The number of carbonyl (C=O) groups excluding carboxylic acids is 3. The molecule has 2 heterocycles. The van der Waals surface area contributed by atoms with Crippen molar-refractivity contribution in [2.75, 3.05) is 10.2 Å². The van der Waals surface area contributed by atoms with E-state index in [0.717, 1.165) is 15.8 Å². The minimum atomic E-state index is -0.506. The lowest BCUT2D eigenvalue weighted by atomic mass is 10.1. The molecule has 0 radical (unpaired) electrons. The third kappa shape index (κ3) is 4.16. The van der Waals surface area contributed by atoms with Crippen LogP contribution in [0.4, 0.5) is 16.2 Å². The molecule has 0 unspecified atom stereocenters. The Hall–Kier alpha value is -4.36. The fourth-order valence-electron chi connectivity index (χ4n) is 3.91. The summed E-state index contributed by atoms with van der Waals surface area (Å²) in [5, 5.41) is 6.95. The van der Waals surface area contributed by atoms with Crippen LogP contribution < -0.4 is 15.5 Å². The van der Waals surface area contributed by atoms with Gasteiger partial charge in [0.1, 0.15) is 12.2 Å². The standard InChI is InChI=1S/C26H19ClN4O3/c27-18-10-12-19(13-11-18)28-24(32)16-30-15-17(21-8-4-5-9-23(21)30)14-22-25(33)31(26(34)29-22)20-6-2-1-3-7-20/h1-15H,16H2,(H,28,32)(H,29,34)/b22-14+. The van der Waals surface area contributed by atoms with Gasteiger partial charge in [-0.3, -0.25) is 9.59 Å². The second-order valence-electron chi connectivity index (χ2n) is 7.75. The molecule has 0 bridgehead atoms. The number of halogens is 1. The zero-order valence-corrected chi connectivity index (χ0v) is 18.6. The van der Waals surface area contributed by atoms with Gasteiger partial charge in [0.15, 0.2) is 0 Å². The Morgan fingerprint density at radius 1 is 0.941 bits per heavy atom. The first-order chi connectivity index (χ1) is 16.5. The molecule has 1 aliphatic heterocycles. The molecule has 0 saturated carbocycles. The number of nitrogens with one attached hydrogen (secondary N) is 2. The van der Waals surface area contributed by atoms with Gasteiger partial charge in [-0.15, -0.1) is 0 Å². The van der Waals surface area contributed by atoms with Crippen molar-refractivity contribution in [3.8, 4) is 0 Å². The van der Waals surface area contributed by atoms with E-state index in [1.165, 1.54) is 0 Å². The number of urea groups is 1. The van der Waals surface area contributed by atoms with Gasteiger partial charge < -0.3 is 15.2 Å². The summed E-state index contributed by atoms with van der Waals surface area (Å²) in [6.45, 7) is 0.0722. The molecule has 0 atom stereocenters. The average Bonchev–Trinajstić information content (AvgIpc) is 3.32. The minimum Gasteiger partial charge on any atom is -0.337 e. The number of amides is 4. The number of para-hydroxylation sites is 2. The SMILES string of the molecule is O=C(Cn1cc(/C=C2/NC(=O)N(c3ccccc3)C2=O)c2ccccc21)Nc1ccc(Cl)cc1. The predicted octanol–water partition coefficient (Wildman–Crippen LogP) is 5.03. The van der Waals surface area contributed by atoms with Crippen LogP contribution in [-0.2, 0) is 16.1 Å². The van der Waals surface area contributed by atoms with Crippen molar-refractivity contribution < 1.29 is 14.4 Å². The van der Waals surface area contributed by atoms with Gasteiger partial charge in [0, 0.05) is 33.4 Å². The van der Waals surface area contributed by atoms with Gasteiger partial charge in [0.25, 0.3) is 5.91 Å². The smallest absolute Gasteiger partial charge is 0.333 e. The zero-order chi connectivity index (χ0) is 23.7. The maximum absolute atomic E-state index is 13.0. The number of carbonyl (C=O) groups is 3. The molecule has 1 fully saturated rings. The van der Waals surface area contributed by atoms with Gasteiger partial charge >= 0.3 is 6.03 Å². The number of anilines is 2. The molecule has 4 amide bonds. The average molecular weight is 471 g/mol. The van der Waals surface area contributed by atoms with Gasteiger partial charge in [0.2, 0.25) is 5.91 Å². The van der Waals surface area contributed by atoms with Gasteiger partial charge in [-0.25, -0.2) is 9.69 Å². The van der Waals surface area contributed by atoms with Crippen LogP contribution in [0.25, 0.3) is 17.0 Å². The molecule has 1 aromatic heterocycles. The Bertz CT molecular complexity index is 1440. The van der Waals surface area contributed by atoms with Gasteiger partial charge in [-0.1, -0.05) is 48.0 Å². The number of imide groups is 1. The number of benzene rings is 3. The fraction of sp³-hybridized carbons (Fsp3) is 0.0385. The third-order valence-corrected chi connectivity index (χ3v) is 5.71. The summed E-state index contributed by atoms with van der Waals surface area (Å²) in [6.07, 6.45) is 3.43. The van der Waals surface area contributed by atoms with Crippen molar-refractivity contribution in [1.82, 2.24) is 9.88 Å². The zero-order valence-electron chi connectivity index (χ0n) is 17.9. The molecule has 7 nitrogen and oxygen atoms in total. The highest BCUT2D eigenvalue weighted by Gasteiger charge is 2.34. The lowest BCUT2D eigenvalue weighted by Gasteiger charge is -2.10. The Labute approximate surface area is 200 Å². The van der Waals surface area contributed by atoms with E-state index in [1.807, 2.05) is 34.9 Å². The molecular weight excluding hydrogens is 452 g/mol. The van der Waals surface area contributed by atoms with Crippen molar-refractivity contribution in [1.29, 1.82) is 0 Å². The Kier molecular flexibility index (Phi) is 5.61. The van der Waals surface area contributed by atoms with Crippen LogP contribution in [0.15, 0.2) is 90.8 Å². The number of hydrogen-bond donors (Lipinski definition) is 2. The van der Waals surface area contributed by atoms with Crippen LogP contribution in [0, 0.1) is 0 Å². The topological polar surface area (TPSA) is 83.4 Å². The van der Waals surface area contributed by atoms with Crippen molar-refractivity contribution in [3.63, 3.8) is 0 Å². The Morgan fingerprint density at radius 3 is 2.41 bits per heavy atom. The first-order valence-electron chi connectivity index (χ1n) is 10.5. The predicted molar refractivity (Wildman–Crippen MR) is 132 cm³/mol. The number of aromatic nitrogens is 1. The molecule has 8 heteroatoms. The lowest BCUT2D eigenvalue weighted by molar-refractivity contribution is -0.116. The number of rotatable bonds is 5. The molecule has 5 rings (SSSR count). The Morgan fingerprint density at radius 2 is 1.65 bits per heavy atom. The van der Waals surface area contributed by atoms with Crippen LogP contribution in [0.5, 0.6) is 0 Å². The van der Waals surface area contributed by atoms with Crippen molar-refractivity contribution in [3.05, 3.63) is 101 Å². The largest absolute Gasteiger partial charge is 0.337 e. The van der Waals surface area contributed by atoms with Gasteiger partial charge in [-0.2, -0.15) is 0 Å². The highest BCUT2D eigenvalue weighted by atomic mass is 35.5. The number of fused-ring (bicyclic) bond motifs is 1. The molecule has 168 valence electrons. The summed E-state index contributed by atoms with van der Waals surface area (Å²) in [5.41, 5.74) is 2.86. The molecule has 1 saturated heterocycles. The first-order valence-corrected chi connectivity index (χ1v) is 10.9. The molecule has 0 spiro atoms. The van der Waals surface area contributed by atoms with Crippen LogP contribution in [-0.4, -0.2) is 22.4 Å². The van der Waals surface area contributed by atoms with Gasteiger partial charge in [0.05, 0.1) is 5.69 Å². The normalized spacial score (nSPS) is 14.6. The summed E-state index contributed by atoms with van der Waals surface area (Å²) in [5.74, 6) is -0.642. The van der Waals surface area contributed by atoms with E-state index in [2.05, 4.69) is 10.6 Å². The second-order valence-corrected chi connectivity index (χ2v) is 8.19. The van der Waals surface area contributed by atoms with Crippen molar-refractivity contribution >= 4 is 57.8 Å². The summed E-state index contributed by atoms with van der Waals surface area (Å²) < 4.78 is 1.81. The van der Waals surface area contributed by atoms with Crippen LogP contribution >= 0.6 is 11.6 Å². The maximum atomic E-state index is 13.0. The van der Waals surface area contributed by atoms with E-state index < -0.39 is 11.9 Å². The minimum absolute atomic E-state index is 0.0722. The number of nitrogens with zero attached hydrogens (tertiary/aromatic N) is 2. The van der Waals surface area contributed by atoms with Crippen LogP contribution in [0.1, 0.15) is 5.56 Å². The maximum Gasteiger partial charge on any atom is 0.333 e. The summed E-state index contributed by atoms with van der Waals surface area (Å²) in [6, 6.07) is 22.7. The third-order valence-electron chi connectivity index (χ3n) is 5.45. The van der Waals surface area contributed by atoms with Crippen LogP contribution in [0.3, 0.4) is 0 Å². The summed E-state index contributed by atoms with van der Waals surface area (Å²) in [7, 11) is 0. The van der Waals surface area contributed by atoms with Crippen LogP contribution in [0.2, 0.25) is 5.02 Å². The molecule has 0 aliphatic carbocycles. The monoisotopic (exact) mass is 470 g/mol. The quantitative estimate of drug-likeness (QED) is 0.317. The molecular formula is C26H19ClN4O3. The van der Waals surface area contributed by atoms with Gasteiger partial charge in [-0.05, 0) is 48.5 Å². The van der Waals surface area contributed by atoms with E-state index in [-0.39, 0.29) is 18.1 Å². The van der Waals surface area contributed by atoms with Crippen molar-refractivity contribution in [2.24, 2.45) is 0 Å². The second kappa shape index (κ2) is 8.88. The highest BCUT2D eigenvalue weighted by Crippen LogP contribution is 2.26. The summed E-state index contributed by atoms with van der Waals surface area (Å²) in [4.78, 5) is 39.2. The fourth-order valence-corrected chi connectivity index (χ4v) is 4.04. The van der Waals surface area contributed by atoms with E-state index in [4.69, 9.17) is 11.6 Å². The van der Waals surface area contributed by atoms with E-state index in [9.17, 15) is 14.4 Å². The first kappa shape index (κ1) is 21.5. The lowest BCUT2D eigenvalue weighted by Crippen LogP contribution is -2.30. The van der Waals surface area contributed by atoms with E-state index in [0.29, 0.717) is 22.0 Å². The van der Waals surface area contributed by atoms with Crippen molar-refractivity contribution in [2.45, 2.75) is 6.54 Å². The summed E-state index contributed by atoms with van der Waals surface area (Å²) >= 11 is 5.90. The van der Waals surface area contributed by atoms with E-state index in [1.54, 1.807) is 60.8 Å². The molecule has 1 aliphatic rings. The molecule has 2 N–H and O–H groups in total.